The zero-order chi connectivity index (χ0) is 21.3. The van der Waals surface area contributed by atoms with Crippen molar-refractivity contribution in [1.82, 2.24) is 4.90 Å². The van der Waals surface area contributed by atoms with Crippen LogP contribution in [0.1, 0.15) is 25.3 Å². The fourth-order valence-corrected chi connectivity index (χ4v) is 3.69. The van der Waals surface area contributed by atoms with E-state index in [2.05, 4.69) is 6.92 Å². The fraction of sp³-hybridized carbons (Fsp3) is 0.304. The van der Waals surface area contributed by atoms with E-state index in [0.717, 1.165) is 35.9 Å². The SMILES string of the molecule is CCCCOc1ccc(/C=C2\SC(=O)N(CCOc3ccccc3OC)C2=O)cc1. The van der Waals surface area contributed by atoms with E-state index in [1.54, 1.807) is 25.3 Å². The van der Waals surface area contributed by atoms with Gasteiger partial charge in [0.1, 0.15) is 12.4 Å². The summed E-state index contributed by atoms with van der Waals surface area (Å²) >= 11 is 0.939. The number of ether oxygens (including phenoxy) is 3. The minimum atomic E-state index is -0.308. The van der Waals surface area contributed by atoms with Crippen LogP contribution in [0.2, 0.25) is 0 Å². The van der Waals surface area contributed by atoms with Crippen molar-refractivity contribution in [3.63, 3.8) is 0 Å². The number of hydrogen-bond donors (Lipinski definition) is 0. The summed E-state index contributed by atoms with van der Waals surface area (Å²) in [6.07, 6.45) is 3.81. The van der Waals surface area contributed by atoms with Gasteiger partial charge in [-0.1, -0.05) is 37.6 Å². The molecule has 6 nitrogen and oxygen atoms in total. The molecule has 3 rings (SSSR count). The average Bonchev–Trinajstić information content (AvgIpc) is 3.03. The lowest BCUT2D eigenvalue weighted by Gasteiger charge is -2.14. The molecule has 1 saturated heterocycles. The fourth-order valence-electron chi connectivity index (χ4n) is 2.82. The maximum Gasteiger partial charge on any atom is 0.293 e. The first-order valence-corrected chi connectivity index (χ1v) is 10.7. The summed E-state index contributed by atoms with van der Waals surface area (Å²) in [6.45, 7) is 3.16. The van der Waals surface area contributed by atoms with Crippen molar-refractivity contribution >= 4 is 29.0 Å². The Bertz CT molecular complexity index is 910. The van der Waals surface area contributed by atoms with Crippen molar-refractivity contribution in [1.29, 1.82) is 0 Å². The molecule has 0 atom stereocenters. The van der Waals surface area contributed by atoms with Gasteiger partial charge in [0.15, 0.2) is 11.5 Å². The first-order valence-electron chi connectivity index (χ1n) is 9.86. The predicted octanol–water partition coefficient (Wildman–Crippen LogP) is 4.99. The molecule has 0 aliphatic carbocycles. The van der Waals surface area contributed by atoms with Crippen molar-refractivity contribution in [2.45, 2.75) is 19.8 Å². The quantitative estimate of drug-likeness (QED) is 0.393. The first-order chi connectivity index (χ1) is 14.6. The van der Waals surface area contributed by atoms with Crippen LogP contribution in [0.5, 0.6) is 17.2 Å². The van der Waals surface area contributed by atoms with Crippen LogP contribution >= 0.6 is 11.8 Å². The Morgan fingerprint density at radius 2 is 1.70 bits per heavy atom. The van der Waals surface area contributed by atoms with E-state index in [4.69, 9.17) is 14.2 Å². The third-order valence-corrected chi connectivity index (χ3v) is 5.37. The molecule has 0 bridgehead atoms. The first kappa shape index (κ1) is 21.8. The van der Waals surface area contributed by atoms with Gasteiger partial charge in [-0.05, 0) is 54.1 Å². The minimum Gasteiger partial charge on any atom is -0.494 e. The summed E-state index contributed by atoms with van der Waals surface area (Å²) in [5.74, 6) is 1.66. The van der Waals surface area contributed by atoms with Gasteiger partial charge in [-0.25, -0.2) is 0 Å². The van der Waals surface area contributed by atoms with E-state index in [1.807, 2.05) is 36.4 Å². The zero-order valence-electron chi connectivity index (χ0n) is 17.1. The number of benzene rings is 2. The van der Waals surface area contributed by atoms with Gasteiger partial charge in [-0.15, -0.1) is 0 Å². The molecule has 0 spiro atoms. The number of nitrogens with zero attached hydrogens (tertiary/aromatic N) is 1. The number of carbonyl (C=O) groups is 2. The Hall–Kier alpha value is -2.93. The highest BCUT2D eigenvalue weighted by Gasteiger charge is 2.34. The van der Waals surface area contributed by atoms with Crippen LogP contribution in [0.25, 0.3) is 6.08 Å². The molecule has 2 amide bonds. The number of thioether (sulfide) groups is 1. The molecule has 30 heavy (non-hydrogen) atoms. The summed E-state index contributed by atoms with van der Waals surface area (Å²) in [7, 11) is 1.56. The molecule has 0 radical (unpaired) electrons. The highest BCUT2D eigenvalue weighted by molar-refractivity contribution is 8.18. The maximum atomic E-state index is 12.6. The monoisotopic (exact) mass is 427 g/mol. The molecule has 0 aromatic heterocycles. The number of methoxy groups -OCH3 is 1. The summed E-state index contributed by atoms with van der Waals surface area (Å²) < 4.78 is 16.6. The van der Waals surface area contributed by atoms with Crippen LogP contribution in [0.4, 0.5) is 4.79 Å². The molecule has 158 valence electrons. The van der Waals surface area contributed by atoms with Crippen LogP contribution in [-0.4, -0.2) is 42.9 Å². The second-order valence-corrected chi connectivity index (χ2v) is 7.60. The number of rotatable bonds is 10. The topological polar surface area (TPSA) is 65.1 Å². The molecule has 2 aromatic carbocycles. The lowest BCUT2D eigenvalue weighted by molar-refractivity contribution is -0.123. The number of para-hydroxylation sites is 2. The van der Waals surface area contributed by atoms with E-state index >= 15 is 0 Å². The maximum absolute atomic E-state index is 12.6. The standard InChI is InChI=1S/C23H25NO5S/c1-3-4-14-28-18-11-9-17(10-12-18)16-21-22(25)24(23(26)30-21)13-15-29-20-8-6-5-7-19(20)27-2/h5-12,16H,3-4,13-15H2,1-2H3/b21-16-. The van der Waals surface area contributed by atoms with Gasteiger partial charge in [-0.2, -0.15) is 0 Å². The van der Waals surface area contributed by atoms with Gasteiger partial charge >= 0.3 is 0 Å². The number of hydrogen-bond acceptors (Lipinski definition) is 6. The van der Waals surface area contributed by atoms with E-state index in [9.17, 15) is 9.59 Å². The van der Waals surface area contributed by atoms with Crippen LogP contribution in [0, 0.1) is 0 Å². The molecule has 1 fully saturated rings. The van der Waals surface area contributed by atoms with Gasteiger partial charge in [-0.3, -0.25) is 14.5 Å². The molecule has 2 aromatic rings. The average molecular weight is 428 g/mol. The number of imide groups is 1. The predicted molar refractivity (Wildman–Crippen MR) is 118 cm³/mol. The molecule has 1 aliphatic heterocycles. The van der Waals surface area contributed by atoms with Gasteiger partial charge in [0.2, 0.25) is 0 Å². The molecular formula is C23H25NO5S. The van der Waals surface area contributed by atoms with Crippen molar-refractivity contribution in [3.8, 4) is 17.2 Å². The van der Waals surface area contributed by atoms with Crippen LogP contribution in [0.3, 0.4) is 0 Å². The summed E-state index contributed by atoms with van der Waals surface area (Å²) in [5.41, 5.74) is 0.841. The largest absolute Gasteiger partial charge is 0.494 e. The second kappa shape index (κ2) is 10.7. The Morgan fingerprint density at radius 1 is 0.967 bits per heavy atom. The Kier molecular flexibility index (Phi) is 7.79. The molecular weight excluding hydrogens is 402 g/mol. The highest BCUT2D eigenvalue weighted by atomic mass is 32.2. The van der Waals surface area contributed by atoms with Gasteiger partial charge < -0.3 is 14.2 Å². The molecule has 7 heteroatoms. The Labute approximate surface area is 180 Å². The van der Waals surface area contributed by atoms with E-state index < -0.39 is 0 Å². The normalized spacial score (nSPS) is 15.0. The molecule has 0 unspecified atom stereocenters. The van der Waals surface area contributed by atoms with Gasteiger partial charge in [0, 0.05) is 0 Å². The van der Waals surface area contributed by atoms with Crippen molar-refractivity contribution in [3.05, 3.63) is 59.0 Å². The van der Waals surface area contributed by atoms with Crippen LogP contribution < -0.4 is 14.2 Å². The number of carbonyl (C=O) groups excluding carboxylic acids is 2. The number of amides is 2. The molecule has 1 heterocycles. The molecule has 0 N–H and O–H groups in total. The third-order valence-electron chi connectivity index (χ3n) is 4.46. The van der Waals surface area contributed by atoms with Gasteiger partial charge in [0.25, 0.3) is 11.1 Å². The number of unbranched alkanes of at least 4 members (excludes halogenated alkanes) is 1. The zero-order valence-corrected chi connectivity index (χ0v) is 17.9. The lowest BCUT2D eigenvalue weighted by atomic mass is 10.2. The van der Waals surface area contributed by atoms with E-state index in [0.29, 0.717) is 23.0 Å². The smallest absolute Gasteiger partial charge is 0.293 e. The van der Waals surface area contributed by atoms with Crippen molar-refractivity contribution < 1.29 is 23.8 Å². The second-order valence-electron chi connectivity index (χ2n) is 6.60. The summed E-state index contributed by atoms with van der Waals surface area (Å²) in [6, 6.07) is 14.7. The Balaban J connectivity index is 1.57. The van der Waals surface area contributed by atoms with Crippen molar-refractivity contribution in [2.75, 3.05) is 26.9 Å². The van der Waals surface area contributed by atoms with E-state index in [1.165, 1.54) is 4.90 Å². The lowest BCUT2D eigenvalue weighted by Crippen LogP contribution is -2.32. The third kappa shape index (κ3) is 5.57. The molecule has 0 saturated carbocycles. The summed E-state index contributed by atoms with van der Waals surface area (Å²) in [5, 5.41) is -0.297. The van der Waals surface area contributed by atoms with Crippen LogP contribution in [-0.2, 0) is 4.79 Å². The van der Waals surface area contributed by atoms with Crippen molar-refractivity contribution in [2.24, 2.45) is 0 Å². The summed E-state index contributed by atoms with van der Waals surface area (Å²) in [4.78, 5) is 26.5. The Morgan fingerprint density at radius 3 is 2.40 bits per heavy atom. The molecule has 1 aliphatic rings. The highest BCUT2D eigenvalue weighted by Crippen LogP contribution is 2.32. The van der Waals surface area contributed by atoms with E-state index in [-0.39, 0.29) is 24.3 Å². The minimum absolute atomic E-state index is 0.171. The van der Waals surface area contributed by atoms with Crippen LogP contribution in [0.15, 0.2) is 53.4 Å². The van der Waals surface area contributed by atoms with Gasteiger partial charge in [0.05, 0.1) is 25.2 Å².